The van der Waals surface area contributed by atoms with Crippen molar-refractivity contribution in [2.24, 2.45) is 10.9 Å². The lowest BCUT2D eigenvalue weighted by molar-refractivity contribution is -0.120. The fraction of sp³-hybridized carbons (Fsp3) is 0.700. The largest absolute Gasteiger partial charge is 0.467 e. The average Bonchev–Trinajstić information content (AvgIpc) is 3.26. The first-order valence-corrected chi connectivity index (χ1v) is 10.2. The summed E-state index contributed by atoms with van der Waals surface area (Å²) >= 11 is 0. The molecule has 1 amide bonds. The zero-order valence-corrected chi connectivity index (χ0v) is 17.4. The molecule has 0 spiro atoms. The topological polar surface area (TPSA) is 91.1 Å². The first-order valence-electron chi connectivity index (χ1n) is 10.2. The van der Waals surface area contributed by atoms with Crippen molar-refractivity contribution in [3.05, 3.63) is 24.2 Å². The molecule has 2 heterocycles. The molecule has 1 fully saturated rings. The van der Waals surface area contributed by atoms with E-state index in [0.717, 1.165) is 51.4 Å². The molecule has 0 radical (unpaired) electrons. The fourth-order valence-corrected chi connectivity index (χ4v) is 3.58. The third kappa shape index (κ3) is 7.16. The summed E-state index contributed by atoms with van der Waals surface area (Å²) in [7, 11) is 1.72. The summed E-state index contributed by atoms with van der Waals surface area (Å²) in [6, 6.07) is 4.05. The number of carbonyl (C=O) groups excluding carboxylic acids is 1. The van der Waals surface area contributed by atoms with Gasteiger partial charge in [0.15, 0.2) is 5.96 Å². The second-order valence-corrected chi connectivity index (χ2v) is 6.96. The molecule has 2 rings (SSSR count). The SMILES string of the molecule is CCC(CC)C(CNC(=NC)NCC(=O)NCc1ccco1)N1CCOCC1. The highest BCUT2D eigenvalue weighted by molar-refractivity contribution is 5.86. The number of hydrogen-bond acceptors (Lipinski definition) is 5. The second kappa shape index (κ2) is 12.4. The highest BCUT2D eigenvalue weighted by atomic mass is 16.5. The molecule has 0 bridgehead atoms. The average molecular weight is 394 g/mol. The lowest BCUT2D eigenvalue weighted by Gasteiger charge is -2.39. The van der Waals surface area contributed by atoms with E-state index in [2.05, 4.69) is 39.7 Å². The summed E-state index contributed by atoms with van der Waals surface area (Å²) in [5, 5.41) is 9.30. The van der Waals surface area contributed by atoms with Crippen LogP contribution in [0.25, 0.3) is 0 Å². The van der Waals surface area contributed by atoms with E-state index in [9.17, 15) is 4.79 Å². The zero-order valence-electron chi connectivity index (χ0n) is 17.4. The number of guanidine groups is 1. The minimum atomic E-state index is -0.107. The van der Waals surface area contributed by atoms with Crippen LogP contribution in [0, 0.1) is 5.92 Å². The zero-order chi connectivity index (χ0) is 20.2. The Labute approximate surface area is 168 Å². The van der Waals surface area contributed by atoms with Gasteiger partial charge in [-0.2, -0.15) is 0 Å². The van der Waals surface area contributed by atoms with Crippen molar-refractivity contribution in [2.45, 2.75) is 39.3 Å². The highest BCUT2D eigenvalue weighted by Crippen LogP contribution is 2.19. The van der Waals surface area contributed by atoms with Gasteiger partial charge in [-0.15, -0.1) is 0 Å². The molecule has 1 unspecified atom stereocenters. The summed E-state index contributed by atoms with van der Waals surface area (Å²) in [6.45, 7) is 9.34. The van der Waals surface area contributed by atoms with Gasteiger partial charge in [-0.25, -0.2) is 0 Å². The first kappa shape index (κ1) is 22.2. The predicted molar refractivity (Wildman–Crippen MR) is 110 cm³/mol. The highest BCUT2D eigenvalue weighted by Gasteiger charge is 2.27. The maximum Gasteiger partial charge on any atom is 0.239 e. The normalized spacial score (nSPS) is 16.8. The number of ether oxygens (including phenoxy) is 1. The van der Waals surface area contributed by atoms with Crippen molar-refractivity contribution in [2.75, 3.05) is 46.4 Å². The van der Waals surface area contributed by atoms with Crippen molar-refractivity contribution in [1.82, 2.24) is 20.9 Å². The van der Waals surface area contributed by atoms with E-state index >= 15 is 0 Å². The molecule has 0 saturated carbocycles. The van der Waals surface area contributed by atoms with Gasteiger partial charge in [0, 0.05) is 32.7 Å². The Morgan fingerprint density at radius 3 is 2.57 bits per heavy atom. The van der Waals surface area contributed by atoms with Crippen LogP contribution in [-0.2, 0) is 16.1 Å². The molecule has 28 heavy (non-hydrogen) atoms. The Kier molecular flexibility index (Phi) is 9.85. The molecule has 158 valence electrons. The van der Waals surface area contributed by atoms with Gasteiger partial charge in [0.05, 0.1) is 32.6 Å². The summed E-state index contributed by atoms with van der Waals surface area (Å²) in [5.74, 6) is 1.87. The van der Waals surface area contributed by atoms with Crippen LogP contribution >= 0.6 is 0 Å². The lowest BCUT2D eigenvalue weighted by atomic mass is 9.92. The molecule has 3 N–H and O–H groups in total. The number of rotatable bonds is 10. The van der Waals surface area contributed by atoms with E-state index < -0.39 is 0 Å². The van der Waals surface area contributed by atoms with Gasteiger partial charge in [0.25, 0.3) is 0 Å². The fourth-order valence-electron chi connectivity index (χ4n) is 3.58. The number of nitrogens with one attached hydrogen (secondary N) is 3. The van der Waals surface area contributed by atoms with Crippen LogP contribution in [0.5, 0.6) is 0 Å². The van der Waals surface area contributed by atoms with Crippen LogP contribution in [0.2, 0.25) is 0 Å². The van der Waals surface area contributed by atoms with Crippen molar-refractivity contribution >= 4 is 11.9 Å². The third-order valence-electron chi connectivity index (χ3n) is 5.27. The van der Waals surface area contributed by atoms with Crippen molar-refractivity contribution in [1.29, 1.82) is 0 Å². The summed E-state index contributed by atoms with van der Waals surface area (Å²) in [5.41, 5.74) is 0. The number of morpholine rings is 1. The monoisotopic (exact) mass is 393 g/mol. The van der Waals surface area contributed by atoms with Crippen molar-refractivity contribution < 1.29 is 13.9 Å². The Morgan fingerprint density at radius 1 is 1.21 bits per heavy atom. The Morgan fingerprint density at radius 2 is 1.96 bits per heavy atom. The van der Waals surface area contributed by atoms with Crippen LogP contribution < -0.4 is 16.0 Å². The quantitative estimate of drug-likeness (QED) is 0.409. The molecule has 8 nitrogen and oxygen atoms in total. The Bertz CT molecular complexity index is 581. The number of carbonyl (C=O) groups is 1. The Hall–Kier alpha value is -2.06. The summed E-state index contributed by atoms with van der Waals surface area (Å²) in [6.07, 6.45) is 3.87. The number of hydrogen-bond donors (Lipinski definition) is 3. The van der Waals surface area contributed by atoms with Crippen LogP contribution in [0.3, 0.4) is 0 Å². The van der Waals surface area contributed by atoms with Gasteiger partial charge in [-0.05, 0) is 18.1 Å². The predicted octanol–water partition coefficient (Wildman–Crippen LogP) is 1.20. The Balaban J connectivity index is 1.79. The number of amides is 1. The molecule has 1 aromatic rings. The number of furan rings is 1. The van der Waals surface area contributed by atoms with Crippen LogP contribution in [0.15, 0.2) is 27.8 Å². The lowest BCUT2D eigenvalue weighted by Crippen LogP contribution is -2.53. The van der Waals surface area contributed by atoms with Gasteiger partial charge in [0.1, 0.15) is 5.76 Å². The standard InChI is InChI=1S/C20H35N5O3/c1-4-16(5-2)18(25-8-11-27-12-9-25)14-23-20(21-3)24-15-19(26)22-13-17-7-6-10-28-17/h6-7,10,16,18H,4-5,8-9,11-15H2,1-3H3,(H,22,26)(H2,21,23,24). The minimum absolute atomic E-state index is 0.107. The van der Waals surface area contributed by atoms with Crippen LogP contribution in [-0.4, -0.2) is 69.2 Å². The summed E-state index contributed by atoms with van der Waals surface area (Å²) in [4.78, 5) is 18.8. The number of nitrogens with zero attached hydrogens (tertiary/aromatic N) is 2. The maximum atomic E-state index is 12.0. The van der Waals surface area contributed by atoms with Gasteiger partial charge < -0.3 is 25.1 Å². The minimum Gasteiger partial charge on any atom is -0.467 e. The van der Waals surface area contributed by atoms with Gasteiger partial charge in [-0.1, -0.05) is 26.7 Å². The molecular formula is C20H35N5O3. The number of aliphatic imine (C=N–C) groups is 1. The van der Waals surface area contributed by atoms with Gasteiger partial charge >= 0.3 is 0 Å². The van der Waals surface area contributed by atoms with Crippen LogP contribution in [0.1, 0.15) is 32.4 Å². The second-order valence-electron chi connectivity index (χ2n) is 6.96. The molecule has 1 aromatic heterocycles. The molecular weight excluding hydrogens is 358 g/mol. The van der Waals surface area contributed by atoms with E-state index in [0.29, 0.717) is 24.5 Å². The molecule has 1 saturated heterocycles. The van der Waals surface area contributed by atoms with E-state index in [4.69, 9.17) is 9.15 Å². The van der Waals surface area contributed by atoms with E-state index in [1.807, 2.05) is 6.07 Å². The van der Waals surface area contributed by atoms with Gasteiger partial charge in [0.2, 0.25) is 5.91 Å². The van der Waals surface area contributed by atoms with E-state index in [1.54, 1.807) is 19.4 Å². The maximum absolute atomic E-state index is 12.0. The molecule has 0 aromatic carbocycles. The smallest absolute Gasteiger partial charge is 0.239 e. The van der Waals surface area contributed by atoms with Crippen molar-refractivity contribution in [3.8, 4) is 0 Å². The van der Waals surface area contributed by atoms with E-state index in [-0.39, 0.29) is 12.5 Å². The van der Waals surface area contributed by atoms with Gasteiger partial charge in [-0.3, -0.25) is 14.7 Å². The molecule has 0 aliphatic carbocycles. The van der Waals surface area contributed by atoms with E-state index in [1.165, 1.54) is 0 Å². The molecule has 1 aliphatic heterocycles. The molecule has 1 atom stereocenters. The first-order chi connectivity index (χ1) is 13.7. The third-order valence-corrected chi connectivity index (χ3v) is 5.27. The molecule has 1 aliphatic rings. The van der Waals surface area contributed by atoms with Crippen LogP contribution in [0.4, 0.5) is 0 Å². The summed E-state index contributed by atoms with van der Waals surface area (Å²) < 4.78 is 10.7. The molecule has 8 heteroatoms. The van der Waals surface area contributed by atoms with Crippen molar-refractivity contribution in [3.63, 3.8) is 0 Å².